The van der Waals surface area contributed by atoms with Gasteiger partial charge in [0.1, 0.15) is 17.1 Å². The number of amides is 2. The van der Waals surface area contributed by atoms with Crippen LogP contribution in [-0.4, -0.2) is 87.2 Å². The van der Waals surface area contributed by atoms with Crippen LogP contribution in [0.1, 0.15) is 29.3 Å². The van der Waals surface area contributed by atoms with Crippen molar-refractivity contribution >= 4 is 36.7 Å². The Kier molecular flexibility index (Phi) is 8.38. The molecule has 1 fully saturated rings. The Labute approximate surface area is 178 Å². The second-order valence-electron chi connectivity index (χ2n) is 6.95. The lowest BCUT2D eigenvalue weighted by atomic mass is 9.81. The molecule has 0 aliphatic carbocycles. The number of aromatic carboxylic acids is 1. The van der Waals surface area contributed by atoms with Crippen LogP contribution in [0, 0.1) is 0 Å². The van der Waals surface area contributed by atoms with Crippen molar-refractivity contribution in [2.24, 2.45) is 0 Å². The first kappa shape index (κ1) is 23.8. The van der Waals surface area contributed by atoms with Crippen LogP contribution in [0.15, 0.2) is 12.1 Å². The Bertz CT molecular complexity index is 807. The molecule has 0 spiro atoms. The Morgan fingerprint density at radius 2 is 2.07 bits per heavy atom. The summed E-state index contributed by atoms with van der Waals surface area (Å²) in [6.45, 7) is 2.31. The molecule has 1 aromatic rings. The number of rotatable bonds is 9. The van der Waals surface area contributed by atoms with E-state index in [2.05, 4.69) is 5.32 Å². The van der Waals surface area contributed by atoms with Gasteiger partial charge in [-0.1, -0.05) is 6.07 Å². The van der Waals surface area contributed by atoms with Gasteiger partial charge in [0.15, 0.2) is 0 Å². The van der Waals surface area contributed by atoms with Gasteiger partial charge in [-0.05, 0) is 24.5 Å². The maximum atomic E-state index is 12.4. The fourth-order valence-corrected chi connectivity index (χ4v) is 4.29. The normalized spacial score (nSPS) is 16.8. The number of ether oxygens (including phenoxy) is 1. The predicted molar refractivity (Wildman–Crippen MR) is 111 cm³/mol. The molecule has 12 heteroatoms. The summed E-state index contributed by atoms with van der Waals surface area (Å²) in [7, 11) is -0.513. The van der Waals surface area contributed by atoms with Gasteiger partial charge in [-0.2, -0.15) is 11.8 Å². The SMILES string of the molecule is COc1ccc(CC(SCC(=O)N2CCC(NC(C)=O)C2)B(O)O)c(O)c1C(=O)O. The highest BCUT2D eigenvalue weighted by atomic mass is 32.2. The molecule has 1 aromatic carbocycles. The quantitative estimate of drug-likeness (QED) is 0.319. The van der Waals surface area contributed by atoms with Crippen LogP contribution in [0.3, 0.4) is 0 Å². The molecule has 10 nitrogen and oxygen atoms in total. The number of nitrogens with one attached hydrogen (secondary N) is 1. The van der Waals surface area contributed by atoms with E-state index in [4.69, 9.17) is 4.74 Å². The van der Waals surface area contributed by atoms with Crippen molar-refractivity contribution in [1.29, 1.82) is 0 Å². The number of thioether (sulfide) groups is 1. The standard InChI is InChI=1S/C18H25BN2O8S/c1-10(22)20-12-5-6-21(8-12)15(23)9-30-14(19(27)28)7-11-3-4-13(29-2)16(17(11)24)18(25)26/h3-4,12,14,24,27-28H,5-9H2,1-2H3,(H,20,22)(H,25,26). The fourth-order valence-electron chi connectivity index (χ4n) is 3.29. The second-order valence-corrected chi connectivity index (χ2v) is 8.18. The van der Waals surface area contributed by atoms with E-state index in [0.29, 0.717) is 19.5 Å². The van der Waals surface area contributed by atoms with Gasteiger partial charge in [-0.15, -0.1) is 0 Å². The summed E-state index contributed by atoms with van der Waals surface area (Å²) >= 11 is 0.999. The van der Waals surface area contributed by atoms with Crippen LogP contribution in [0.2, 0.25) is 0 Å². The predicted octanol–water partition coefficient (Wildman–Crippen LogP) is -0.508. The van der Waals surface area contributed by atoms with E-state index in [-0.39, 0.29) is 41.3 Å². The number of likely N-dealkylation sites (tertiary alicyclic amines) is 1. The largest absolute Gasteiger partial charge is 0.507 e. The number of carboxylic acid groups (broad SMARTS) is 1. The molecule has 0 aromatic heterocycles. The number of carbonyl (C=O) groups is 3. The van der Waals surface area contributed by atoms with E-state index in [9.17, 15) is 34.6 Å². The molecule has 1 saturated heterocycles. The molecule has 2 amide bonds. The second kappa shape index (κ2) is 10.6. The Balaban J connectivity index is 2.02. The van der Waals surface area contributed by atoms with Gasteiger partial charge in [0.2, 0.25) is 11.8 Å². The van der Waals surface area contributed by atoms with E-state index < -0.39 is 29.5 Å². The monoisotopic (exact) mass is 440 g/mol. The average molecular weight is 440 g/mol. The minimum absolute atomic E-state index is 0.0181. The van der Waals surface area contributed by atoms with Gasteiger partial charge in [-0.25, -0.2) is 4.79 Å². The molecule has 2 atom stereocenters. The number of carbonyl (C=O) groups excluding carboxylic acids is 2. The third kappa shape index (κ3) is 6.03. The molecule has 0 bridgehead atoms. The first-order valence-corrected chi connectivity index (χ1v) is 10.3. The van der Waals surface area contributed by atoms with Gasteiger partial charge in [-0.3, -0.25) is 9.59 Å². The van der Waals surface area contributed by atoms with Crippen LogP contribution in [-0.2, 0) is 16.0 Å². The topological polar surface area (TPSA) is 157 Å². The minimum atomic E-state index is -1.79. The summed E-state index contributed by atoms with van der Waals surface area (Å²) in [6.07, 6.45) is 0.583. The smallest absolute Gasteiger partial charge is 0.465 e. The Hall–Kier alpha value is -2.44. The van der Waals surface area contributed by atoms with Crippen molar-refractivity contribution in [1.82, 2.24) is 10.2 Å². The highest BCUT2D eigenvalue weighted by Gasteiger charge is 2.31. The lowest BCUT2D eigenvalue weighted by Gasteiger charge is -2.20. The first-order chi connectivity index (χ1) is 14.1. The summed E-state index contributed by atoms with van der Waals surface area (Å²) in [5.74, 6) is -2.31. The van der Waals surface area contributed by atoms with E-state index in [1.165, 1.54) is 26.2 Å². The van der Waals surface area contributed by atoms with Crippen molar-refractivity contribution in [2.75, 3.05) is 26.0 Å². The van der Waals surface area contributed by atoms with E-state index >= 15 is 0 Å². The molecule has 1 aliphatic rings. The highest BCUT2D eigenvalue weighted by molar-refractivity contribution is 8.01. The van der Waals surface area contributed by atoms with Crippen molar-refractivity contribution in [3.8, 4) is 11.5 Å². The van der Waals surface area contributed by atoms with Crippen molar-refractivity contribution in [3.63, 3.8) is 0 Å². The average Bonchev–Trinajstić information content (AvgIpc) is 3.12. The lowest BCUT2D eigenvalue weighted by Crippen LogP contribution is -2.38. The number of benzene rings is 1. The molecule has 0 saturated carbocycles. The van der Waals surface area contributed by atoms with E-state index in [0.717, 1.165) is 11.8 Å². The van der Waals surface area contributed by atoms with Crippen molar-refractivity contribution in [2.45, 2.75) is 31.0 Å². The number of methoxy groups -OCH3 is 1. The number of carboxylic acids is 1. The molecular weight excluding hydrogens is 415 g/mol. The van der Waals surface area contributed by atoms with Crippen LogP contribution >= 0.6 is 11.8 Å². The third-order valence-electron chi connectivity index (χ3n) is 4.78. The highest BCUT2D eigenvalue weighted by Crippen LogP contribution is 2.33. The number of hydrogen-bond acceptors (Lipinski definition) is 8. The van der Waals surface area contributed by atoms with E-state index in [1.807, 2.05) is 0 Å². The molecule has 2 unspecified atom stereocenters. The summed E-state index contributed by atoms with van der Waals surface area (Å²) in [5.41, 5.74) is -0.221. The summed E-state index contributed by atoms with van der Waals surface area (Å²) in [4.78, 5) is 36.6. The molecule has 2 rings (SSSR count). The van der Waals surface area contributed by atoms with Crippen LogP contribution < -0.4 is 10.1 Å². The number of aromatic hydroxyl groups is 1. The van der Waals surface area contributed by atoms with Crippen molar-refractivity contribution < 1.29 is 39.4 Å². The summed E-state index contributed by atoms with van der Waals surface area (Å²) < 4.78 is 4.94. The summed E-state index contributed by atoms with van der Waals surface area (Å²) in [5, 5.41) is 40.9. The zero-order valence-corrected chi connectivity index (χ0v) is 17.5. The zero-order valence-electron chi connectivity index (χ0n) is 16.7. The third-order valence-corrected chi connectivity index (χ3v) is 6.03. The Morgan fingerprint density at radius 3 is 2.63 bits per heavy atom. The minimum Gasteiger partial charge on any atom is -0.507 e. The van der Waals surface area contributed by atoms with E-state index in [1.54, 1.807) is 4.90 Å². The summed E-state index contributed by atoms with van der Waals surface area (Å²) in [6, 6.07) is 2.72. The zero-order chi connectivity index (χ0) is 22.4. The van der Waals surface area contributed by atoms with Gasteiger partial charge in [0.05, 0.1) is 12.9 Å². The van der Waals surface area contributed by atoms with Crippen LogP contribution in [0.4, 0.5) is 0 Å². The van der Waals surface area contributed by atoms with Crippen LogP contribution in [0.25, 0.3) is 0 Å². The van der Waals surface area contributed by atoms with Gasteiger partial charge < -0.3 is 35.2 Å². The van der Waals surface area contributed by atoms with Gasteiger partial charge in [0, 0.05) is 31.2 Å². The number of phenols is 1. The molecule has 164 valence electrons. The molecular formula is C18H25BN2O8S. The molecule has 0 radical (unpaired) electrons. The number of hydrogen-bond donors (Lipinski definition) is 5. The molecule has 1 aliphatic heterocycles. The van der Waals surface area contributed by atoms with Gasteiger partial charge >= 0.3 is 13.1 Å². The number of nitrogens with zero attached hydrogens (tertiary/aromatic N) is 1. The fraction of sp³-hybridized carbons (Fsp3) is 0.500. The van der Waals surface area contributed by atoms with Gasteiger partial charge in [0.25, 0.3) is 0 Å². The van der Waals surface area contributed by atoms with Crippen molar-refractivity contribution in [3.05, 3.63) is 23.3 Å². The molecule has 1 heterocycles. The maximum Gasteiger partial charge on any atom is 0.465 e. The first-order valence-electron chi connectivity index (χ1n) is 9.28. The Morgan fingerprint density at radius 1 is 1.37 bits per heavy atom. The molecule has 30 heavy (non-hydrogen) atoms. The van der Waals surface area contributed by atoms with Crippen LogP contribution in [0.5, 0.6) is 11.5 Å². The lowest BCUT2D eigenvalue weighted by molar-refractivity contribution is -0.127. The molecule has 5 N–H and O–H groups in total. The maximum absolute atomic E-state index is 12.4.